The van der Waals surface area contributed by atoms with Gasteiger partial charge in [0.25, 0.3) is 10.9 Å². The highest BCUT2D eigenvalue weighted by Gasteiger charge is 2.16. The standard InChI is InChI=1S/C16H12BrN5O3S/c1-8-5-9(2)21-14(17)12(19-15(21)18-8)7-26-16-20-11-6-10(22(23)24)3-4-13(11)25-16/h3-6H,7H2,1-2H3. The lowest BCUT2D eigenvalue weighted by atomic mass is 10.3. The molecule has 4 rings (SSSR count). The van der Waals surface area contributed by atoms with Crippen molar-refractivity contribution in [2.24, 2.45) is 0 Å². The van der Waals surface area contributed by atoms with Gasteiger partial charge in [-0.1, -0.05) is 11.8 Å². The van der Waals surface area contributed by atoms with Gasteiger partial charge in [0.05, 0.1) is 10.6 Å². The molecule has 0 fully saturated rings. The zero-order valence-electron chi connectivity index (χ0n) is 13.8. The topological polar surface area (TPSA) is 99.4 Å². The van der Waals surface area contributed by atoms with E-state index in [9.17, 15) is 10.1 Å². The molecule has 1 aromatic carbocycles. The van der Waals surface area contributed by atoms with Crippen LogP contribution in [0.1, 0.15) is 17.1 Å². The van der Waals surface area contributed by atoms with Gasteiger partial charge in [-0.15, -0.1) is 0 Å². The number of rotatable bonds is 4. The summed E-state index contributed by atoms with van der Waals surface area (Å²) in [5, 5.41) is 11.3. The molecule has 0 saturated heterocycles. The van der Waals surface area contributed by atoms with Crippen molar-refractivity contribution in [3.63, 3.8) is 0 Å². The number of thioether (sulfide) groups is 1. The lowest BCUT2D eigenvalue weighted by Gasteiger charge is -2.01. The number of hydrogen-bond donors (Lipinski definition) is 0. The van der Waals surface area contributed by atoms with Crippen LogP contribution in [0.4, 0.5) is 5.69 Å². The Kier molecular flexibility index (Phi) is 4.16. The van der Waals surface area contributed by atoms with E-state index in [-0.39, 0.29) is 5.69 Å². The monoisotopic (exact) mass is 433 g/mol. The number of nitro benzene ring substituents is 1. The molecular weight excluding hydrogens is 422 g/mol. The first-order chi connectivity index (χ1) is 12.4. The van der Waals surface area contributed by atoms with Crippen LogP contribution in [0.15, 0.2) is 38.5 Å². The van der Waals surface area contributed by atoms with E-state index in [0.717, 1.165) is 21.7 Å². The number of hydrogen-bond acceptors (Lipinski definition) is 7. The number of halogens is 1. The molecule has 10 heteroatoms. The maximum absolute atomic E-state index is 10.9. The average Bonchev–Trinajstić information content (AvgIpc) is 3.12. The number of fused-ring (bicyclic) bond motifs is 2. The van der Waals surface area contributed by atoms with E-state index in [4.69, 9.17) is 4.42 Å². The van der Waals surface area contributed by atoms with E-state index in [1.807, 2.05) is 24.3 Å². The lowest BCUT2D eigenvalue weighted by molar-refractivity contribution is -0.384. The highest BCUT2D eigenvalue weighted by molar-refractivity contribution is 9.10. The first-order valence-corrected chi connectivity index (χ1v) is 9.39. The molecule has 0 saturated carbocycles. The van der Waals surface area contributed by atoms with Crippen LogP contribution in [0.5, 0.6) is 0 Å². The summed E-state index contributed by atoms with van der Waals surface area (Å²) in [5.41, 5.74) is 3.74. The van der Waals surface area contributed by atoms with Crippen molar-refractivity contribution in [3.8, 4) is 0 Å². The Morgan fingerprint density at radius 1 is 1.27 bits per heavy atom. The second-order valence-electron chi connectivity index (χ2n) is 5.70. The van der Waals surface area contributed by atoms with Gasteiger partial charge < -0.3 is 4.42 Å². The molecule has 0 N–H and O–H groups in total. The number of aromatic nitrogens is 4. The third-order valence-electron chi connectivity index (χ3n) is 3.81. The van der Waals surface area contributed by atoms with Crippen molar-refractivity contribution in [2.45, 2.75) is 24.8 Å². The number of imidazole rings is 1. The SMILES string of the molecule is Cc1cc(C)n2c(Br)c(CSc3nc4cc([N+](=O)[O-])ccc4o3)nc2n1. The molecule has 4 aromatic rings. The van der Waals surface area contributed by atoms with Crippen LogP contribution in [-0.2, 0) is 5.75 Å². The molecule has 26 heavy (non-hydrogen) atoms. The van der Waals surface area contributed by atoms with Crippen LogP contribution >= 0.6 is 27.7 Å². The highest BCUT2D eigenvalue weighted by Crippen LogP contribution is 2.30. The third-order valence-corrected chi connectivity index (χ3v) is 5.46. The molecule has 0 atom stereocenters. The van der Waals surface area contributed by atoms with Gasteiger partial charge in [0, 0.05) is 29.3 Å². The smallest absolute Gasteiger partial charge is 0.271 e. The summed E-state index contributed by atoms with van der Waals surface area (Å²) in [6, 6.07) is 6.35. The fourth-order valence-electron chi connectivity index (χ4n) is 2.67. The Morgan fingerprint density at radius 2 is 2.08 bits per heavy atom. The first kappa shape index (κ1) is 17.0. The van der Waals surface area contributed by atoms with Crippen molar-refractivity contribution < 1.29 is 9.34 Å². The molecule has 3 aromatic heterocycles. The molecule has 8 nitrogen and oxygen atoms in total. The molecule has 0 unspecified atom stereocenters. The molecule has 0 spiro atoms. The molecular formula is C16H12BrN5O3S. The van der Waals surface area contributed by atoms with E-state index >= 15 is 0 Å². The van der Waals surface area contributed by atoms with Gasteiger partial charge in [-0.3, -0.25) is 14.5 Å². The molecule has 132 valence electrons. The number of nitrogens with zero attached hydrogens (tertiary/aromatic N) is 5. The van der Waals surface area contributed by atoms with Gasteiger partial charge in [0.1, 0.15) is 10.1 Å². The summed E-state index contributed by atoms with van der Waals surface area (Å²) >= 11 is 4.95. The normalized spacial score (nSPS) is 11.5. The van der Waals surface area contributed by atoms with E-state index in [2.05, 4.69) is 30.9 Å². The second-order valence-corrected chi connectivity index (χ2v) is 7.38. The predicted octanol–water partition coefficient (Wildman–Crippen LogP) is 4.45. The fraction of sp³-hybridized carbons (Fsp3) is 0.188. The maximum atomic E-state index is 10.9. The summed E-state index contributed by atoms with van der Waals surface area (Å²) in [4.78, 5) is 23.7. The van der Waals surface area contributed by atoms with Crippen LogP contribution in [0.3, 0.4) is 0 Å². The minimum Gasteiger partial charge on any atom is -0.431 e. The van der Waals surface area contributed by atoms with Crippen LogP contribution in [-0.4, -0.2) is 24.3 Å². The summed E-state index contributed by atoms with van der Waals surface area (Å²) in [6.45, 7) is 3.93. The minimum atomic E-state index is -0.452. The van der Waals surface area contributed by atoms with E-state index in [1.54, 1.807) is 6.07 Å². The van der Waals surface area contributed by atoms with Crippen molar-refractivity contribution in [3.05, 3.63) is 56.1 Å². The van der Waals surface area contributed by atoms with Gasteiger partial charge in [0.15, 0.2) is 5.58 Å². The molecule has 0 aliphatic carbocycles. The van der Waals surface area contributed by atoms with E-state index in [1.165, 1.54) is 23.9 Å². The molecule has 3 heterocycles. The number of nitro groups is 1. The Hall–Kier alpha value is -2.46. The van der Waals surface area contributed by atoms with Gasteiger partial charge in [-0.05, 0) is 41.9 Å². The molecule has 0 radical (unpaired) electrons. The van der Waals surface area contributed by atoms with Gasteiger partial charge in [0.2, 0.25) is 5.78 Å². The molecule has 0 aliphatic heterocycles. The summed E-state index contributed by atoms with van der Waals surface area (Å²) in [6.07, 6.45) is 0. The highest BCUT2D eigenvalue weighted by atomic mass is 79.9. The number of oxazole rings is 1. The van der Waals surface area contributed by atoms with Crippen LogP contribution in [0.2, 0.25) is 0 Å². The van der Waals surface area contributed by atoms with Crippen LogP contribution < -0.4 is 0 Å². The zero-order valence-corrected chi connectivity index (χ0v) is 16.2. The molecule has 0 bridgehead atoms. The second kappa shape index (κ2) is 6.36. The largest absolute Gasteiger partial charge is 0.431 e. The summed E-state index contributed by atoms with van der Waals surface area (Å²) in [5.74, 6) is 1.16. The van der Waals surface area contributed by atoms with Crippen molar-refractivity contribution in [1.29, 1.82) is 0 Å². The summed E-state index contributed by atoms with van der Waals surface area (Å²) < 4.78 is 8.43. The van der Waals surface area contributed by atoms with Crippen LogP contribution in [0, 0.1) is 24.0 Å². The van der Waals surface area contributed by atoms with Gasteiger partial charge >= 0.3 is 0 Å². The van der Waals surface area contributed by atoms with E-state index < -0.39 is 4.92 Å². The Labute approximate surface area is 159 Å². The minimum absolute atomic E-state index is 0.0117. The third kappa shape index (κ3) is 2.95. The van der Waals surface area contributed by atoms with Gasteiger partial charge in [-0.2, -0.15) is 0 Å². The maximum Gasteiger partial charge on any atom is 0.271 e. The Balaban J connectivity index is 1.62. The predicted molar refractivity (Wildman–Crippen MR) is 100 cm³/mol. The fourth-order valence-corrected chi connectivity index (χ4v) is 4.30. The summed E-state index contributed by atoms with van der Waals surface area (Å²) in [7, 11) is 0. The quantitative estimate of drug-likeness (QED) is 0.266. The lowest BCUT2D eigenvalue weighted by Crippen LogP contribution is -1.96. The van der Waals surface area contributed by atoms with Crippen LogP contribution in [0.25, 0.3) is 16.9 Å². The Bertz CT molecular complexity index is 1170. The number of aryl methyl sites for hydroxylation is 2. The molecule has 0 amide bonds. The number of non-ortho nitro benzene ring substituents is 1. The van der Waals surface area contributed by atoms with Gasteiger partial charge in [-0.25, -0.2) is 15.0 Å². The average molecular weight is 434 g/mol. The van der Waals surface area contributed by atoms with E-state index in [0.29, 0.717) is 27.9 Å². The molecule has 0 aliphatic rings. The van der Waals surface area contributed by atoms with Crippen molar-refractivity contribution in [2.75, 3.05) is 0 Å². The zero-order chi connectivity index (χ0) is 18.4. The van der Waals surface area contributed by atoms with Crippen molar-refractivity contribution in [1.82, 2.24) is 19.4 Å². The first-order valence-electron chi connectivity index (χ1n) is 7.61. The number of benzene rings is 1. The van der Waals surface area contributed by atoms with Crippen molar-refractivity contribution >= 4 is 50.3 Å². The Morgan fingerprint density at radius 3 is 2.85 bits per heavy atom.